The summed E-state index contributed by atoms with van der Waals surface area (Å²) in [6.07, 6.45) is 4.55. The summed E-state index contributed by atoms with van der Waals surface area (Å²) in [6, 6.07) is 7.33. The lowest BCUT2D eigenvalue weighted by molar-refractivity contribution is 0.0945. The number of nitrogens with one attached hydrogen (secondary N) is 1. The Morgan fingerprint density at radius 3 is 2.75 bits per heavy atom. The first-order chi connectivity index (χ1) is 11.6. The number of aryl methyl sites for hydroxylation is 1. The van der Waals surface area contributed by atoms with Crippen LogP contribution in [0.4, 0.5) is 0 Å². The summed E-state index contributed by atoms with van der Waals surface area (Å²) in [5, 5.41) is 7.63. The Hall–Kier alpha value is -1.81. The van der Waals surface area contributed by atoms with E-state index >= 15 is 0 Å². The monoisotopic (exact) mass is 348 g/mol. The molecule has 0 aliphatic rings. The number of aromatic nitrogens is 1. The summed E-state index contributed by atoms with van der Waals surface area (Å²) in [6.45, 7) is 6.76. The van der Waals surface area contributed by atoms with Crippen LogP contribution in [0.3, 0.4) is 0 Å². The summed E-state index contributed by atoms with van der Waals surface area (Å²) in [4.78, 5) is 12.7. The van der Waals surface area contributed by atoms with Gasteiger partial charge in [-0.15, -0.1) is 0 Å². The Kier molecular flexibility index (Phi) is 6.85. The Bertz CT molecular complexity index is 682. The van der Waals surface area contributed by atoms with E-state index in [4.69, 9.17) is 16.1 Å². The molecule has 2 rings (SSSR count). The third kappa shape index (κ3) is 4.38. The van der Waals surface area contributed by atoms with Crippen LogP contribution in [0.2, 0.25) is 5.02 Å². The van der Waals surface area contributed by atoms with Crippen molar-refractivity contribution >= 4 is 17.5 Å². The van der Waals surface area contributed by atoms with Gasteiger partial charge in [-0.25, -0.2) is 0 Å². The zero-order valence-corrected chi connectivity index (χ0v) is 15.3. The van der Waals surface area contributed by atoms with E-state index in [1.165, 1.54) is 12.8 Å². The summed E-state index contributed by atoms with van der Waals surface area (Å²) in [5.41, 5.74) is 1.67. The van der Waals surface area contributed by atoms with E-state index in [0.717, 1.165) is 12.8 Å². The molecule has 0 saturated carbocycles. The van der Waals surface area contributed by atoms with Gasteiger partial charge in [0.25, 0.3) is 5.91 Å². The van der Waals surface area contributed by atoms with Crippen LogP contribution in [0.1, 0.15) is 55.6 Å². The lowest BCUT2D eigenvalue weighted by atomic mass is 9.99. The average molecular weight is 349 g/mol. The molecule has 1 amide bonds. The van der Waals surface area contributed by atoms with Gasteiger partial charge < -0.3 is 9.84 Å². The highest BCUT2D eigenvalue weighted by atomic mass is 35.5. The van der Waals surface area contributed by atoms with Gasteiger partial charge in [0.2, 0.25) is 0 Å². The number of carbonyl (C=O) groups is 1. The molecule has 0 saturated heterocycles. The molecule has 1 aromatic heterocycles. The minimum atomic E-state index is -0.154. The predicted octanol–water partition coefficient (Wildman–Crippen LogP) is 5.25. The van der Waals surface area contributed by atoms with Crippen LogP contribution in [-0.2, 0) is 0 Å². The van der Waals surface area contributed by atoms with Gasteiger partial charge in [-0.2, -0.15) is 0 Å². The van der Waals surface area contributed by atoms with Crippen molar-refractivity contribution in [2.75, 3.05) is 6.54 Å². The van der Waals surface area contributed by atoms with Crippen molar-refractivity contribution in [3.05, 3.63) is 40.6 Å². The van der Waals surface area contributed by atoms with Gasteiger partial charge in [-0.1, -0.05) is 68.1 Å². The van der Waals surface area contributed by atoms with E-state index in [2.05, 4.69) is 24.3 Å². The average Bonchev–Trinajstić information content (AvgIpc) is 2.96. The largest absolute Gasteiger partial charge is 0.360 e. The van der Waals surface area contributed by atoms with E-state index < -0.39 is 0 Å². The van der Waals surface area contributed by atoms with Gasteiger partial charge >= 0.3 is 0 Å². The molecule has 1 heterocycles. The summed E-state index contributed by atoms with van der Waals surface area (Å²) in [5.74, 6) is 0.848. The lowest BCUT2D eigenvalue weighted by Crippen LogP contribution is -2.29. The Morgan fingerprint density at radius 1 is 1.33 bits per heavy atom. The maximum atomic E-state index is 12.7. The molecule has 0 aliphatic carbocycles. The predicted molar refractivity (Wildman–Crippen MR) is 97.3 cm³/mol. The molecular weight excluding hydrogens is 324 g/mol. The highest BCUT2D eigenvalue weighted by molar-refractivity contribution is 6.33. The van der Waals surface area contributed by atoms with Gasteiger partial charge in [0.05, 0.1) is 5.02 Å². The van der Waals surface area contributed by atoms with Gasteiger partial charge in [-0.05, 0) is 25.3 Å². The maximum absolute atomic E-state index is 12.7. The van der Waals surface area contributed by atoms with Crippen LogP contribution in [-0.4, -0.2) is 17.6 Å². The van der Waals surface area contributed by atoms with Crippen molar-refractivity contribution in [2.45, 2.75) is 46.5 Å². The van der Waals surface area contributed by atoms with Gasteiger partial charge in [0.15, 0.2) is 0 Å². The van der Waals surface area contributed by atoms with E-state index in [1.807, 2.05) is 18.2 Å². The van der Waals surface area contributed by atoms with Gasteiger partial charge in [0, 0.05) is 12.1 Å². The Labute approximate surface area is 148 Å². The van der Waals surface area contributed by atoms with Gasteiger partial charge in [-0.3, -0.25) is 4.79 Å². The Morgan fingerprint density at radius 2 is 2.08 bits per heavy atom. The molecule has 1 N–H and O–H groups in total. The van der Waals surface area contributed by atoms with E-state index in [-0.39, 0.29) is 5.91 Å². The van der Waals surface area contributed by atoms with Crippen molar-refractivity contribution in [1.29, 1.82) is 0 Å². The molecule has 130 valence electrons. The summed E-state index contributed by atoms with van der Waals surface area (Å²) >= 11 is 6.24. The molecule has 1 aromatic carbocycles. The van der Waals surface area contributed by atoms with E-state index in [0.29, 0.717) is 40.1 Å². The quantitative estimate of drug-likeness (QED) is 0.708. The standard InChI is InChI=1S/C19H25ClN2O2/c1-4-6-9-14(5-2)12-21-19(23)17-13(3)24-22-18(17)15-10-7-8-11-16(15)20/h7-8,10-11,14H,4-6,9,12H2,1-3H3,(H,21,23)/t14-/m0/s1. The fourth-order valence-electron chi connectivity index (χ4n) is 2.75. The summed E-state index contributed by atoms with van der Waals surface area (Å²) < 4.78 is 5.25. The van der Waals surface area contributed by atoms with E-state index in [1.54, 1.807) is 13.0 Å². The Balaban J connectivity index is 2.16. The SMILES string of the molecule is CCCC[C@H](CC)CNC(=O)c1c(-c2ccccc2Cl)noc1C. The number of unbranched alkanes of at least 4 members (excludes halogenated alkanes) is 1. The zero-order valence-electron chi connectivity index (χ0n) is 14.6. The van der Waals surface area contributed by atoms with Crippen molar-refractivity contribution in [3.63, 3.8) is 0 Å². The molecule has 5 heteroatoms. The van der Waals surface area contributed by atoms with Gasteiger partial charge in [0.1, 0.15) is 17.0 Å². The first-order valence-electron chi connectivity index (χ1n) is 8.57. The molecular formula is C19H25ClN2O2. The number of hydrogen-bond donors (Lipinski definition) is 1. The second kappa shape index (κ2) is 8.88. The van der Waals surface area contributed by atoms with Crippen LogP contribution >= 0.6 is 11.6 Å². The molecule has 0 bridgehead atoms. The van der Waals surface area contributed by atoms with E-state index in [9.17, 15) is 4.79 Å². The van der Waals surface area contributed by atoms with Crippen molar-refractivity contribution < 1.29 is 9.32 Å². The lowest BCUT2D eigenvalue weighted by Gasteiger charge is -2.15. The second-order valence-corrected chi connectivity index (χ2v) is 6.48. The topological polar surface area (TPSA) is 55.1 Å². The third-order valence-electron chi connectivity index (χ3n) is 4.31. The molecule has 2 aromatic rings. The first kappa shape index (κ1) is 18.5. The number of hydrogen-bond acceptors (Lipinski definition) is 3. The fourth-order valence-corrected chi connectivity index (χ4v) is 2.97. The smallest absolute Gasteiger partial charge is 0.257 e. The molecule has 0 fully saturated rings. The molecule has 24 heavy (non-hydrogen) atoms. The highest BCUT2D eigenvalue weighted by Gasteiger charge is 2.23. The molecule has 0 radical (unpaired) electrons. The van der Waals surface area contributed by atoms with Crippen molar-refractivity contribution in [2.24, 2.45) is 5.92 Å². The minimum absolute atomic E-state index is 0.154. The van der Waals surface area contributed by atoms with Crippen LogP contribution in [0.25, 0.3) is 11.3 Å². The van der Waals surface area contributed by atoms with Crippen LogP contribution < -0.4 is 5.32 Å². The maximum Gasteiger partial charge on any atom is 0.257 e. The molecule has 1 atom stereocenters. The van der Waals surface area contributed by atoms with Crippen LogP contribution in [0.15, 0.2) is 28.8 Å². The molecule has 0 aliphatic heterocycles. The number of amides is 1. The first-order valence-corrected chi connectivity index (χ1v) is 8.95. The second-order valence-electron chi connectivity index (χ2n) is 6.07. The fraction of sp³-hybridized carbons (Fsp3) is 0.474. The normalized spacial score (nSPS) is 12.2. The van der Waals surface area contributed by atoms with Crippen molar-refractivity contribution in [1.82, 2.24) is 10.5 Å². The number of carbonyl (C=O) groups excluding carboxylic acids is 1. The molecule has 0 unspecified atom stereocenters. The van der Waals surface area contributed by atoms with Crippen molar-refractivity contribution in [3.8, 4) is 11.3 Å². The number of halogens is 1. The number of benzene rings is 1. The third-order valence-corrected chi connectivity index (χ3v) is 4.64. The molecule has 4 nitrogen and oxygen atoms in total. The van der Waals surface area contributed by atoms with Crippen LogP contribution in [0, 0.1) is 12.8 Å². The zero-order chi connectivity index (χ0) is 17.5. The number of rotatable bonds is 8. The summed E-state index contributed by atoms with van der Waals surface area (Å²) in [7, 11) is 0. The minimum Gasteiger partial charge on any atom is -0.360 e. The number of nitrogens with zero attached hydrogens (tertiary/aromatic N) is 1. The highest BCUT2D eigenvalue weighted by Crippen LogP contribution is 2.30. The molecule has 0 spiro atoms. The van der Waals surface area contributed by atoms with Crippen LogP contribution in [0.5, 0.6) is 0 Å².